The second-order valence-electron chi connectivity index (χ2n) is 5.50. The average Bonchev–Trinajstić information content (AvgIpc) is 2.59. The molecule has 0 unspecified atom stereocenters. The highest BCUT2D eigenvalue weighted by Crippen LogP contribution is 2.27. The number of methoxy groups -OCH3 is 1. The summed E-state index contributed by atoms with van der Waals surface area (Å²) in [5.41, 5.74) is 0.571. The Hall–Kier alpha value is -1.80. The monoisotopic (exact) mass is 417 g/mol. The number of hydrogen-bond acceptors (Lipinski definition) is 4. The highest BCUT2D eigenvalue weighted by Gasteiger charge is 2.33. The largest absolute Gasteiger partial charge is 0.495 e. The molecule has 0 spiro atoms. The highest BCUT2D eigenvalue weighted by molar-refractivity contribution is 7.89. The molecule has 2 rings (SSSR count). The summed E-state index contributed by atoms with van der Waals surface area (Å²) < 4.78 is 31.3. The van der Waals surface area contributed by atoms with E-state index in [2.05, 4.69) is 0 Å². The fourth-order valence-electron chi connectivity index (χ4n) is 2.37. The first kappa shape index (κ1) is 20.5. The molecule has 2 aromatic carbocycles. The lowest BCUT2D eigenvalue weighted by Crippen LogP contribution is -2.43. The van der Waals surface area contributed by atoms with Gasteiger partial charge < -0.3 is 9.84 Å². The van der Waals surface area contributed by atoms with Gasteiger partial charge in [-0.05, 0) is 48.4 Å². The Bertz CT molecular complexity index is 900. The third-order valence-electron chi connectivity index (χ3n) is 3.86. The molecule has 0 aliphatic heterocycles. The van der Waals surface area contributed by atoms with Gasteiger partial charge in [-0.1, -0.05) is 29.3 Å². The summed E-state index contributed by atoms with van der Waals surface area (Å²) in [5.74, 6) is -0.818. The van der Waals surface area contributed by atoms with Gasteiger partial charge in [0.2, 0.25) is 10.0 Å². The summed E-state index contributed by atoms with van der Waals surface area (Å²) in [6.07, 6.45) is -0.0532. The van der Waals surface area contributed by atoms with Gasteiger partial charge in [-0.25, -0.2) is 8.42 Å². The van der Waals surface area contributed by atoms with Crippen molar-refractivity contribution in [3.8, 4) is 5.75 Å². The number of nitrogens with zero attached hydrogens (tertiary/aromatic N) is 1. The molecular weight excluding hydrogens is 401 g/mol. The molecule has 2 aromatic rings. The van der Waals surface area contributed by atoms with Gasteiger partial charge in [0.25, 0.3) is 0 Å². The van der Waals surface area contributed by atoms with Crippen LogP contribution >= 0.6 is 23.2 Å². The van der Waals surface area contributed by atoms with E-state index < -0.39 is 22.0 Å². The zero-order chi connectivity index (χ0) is 19.5. The summed E-state index contributed by atoms with van der Waals surface area (Å²) in [6.45, 7) is 0. The van der Waals surface area contributed by atoms with Crippen LogP contribution in [0.15, 0.2) is 47.4 Å². The zero-order valence-electron chi connectivity index (χ0n) is 14.0. The SMILES string of the molecule is COc1ccc(C[C@@H](C(=O)O)N(C)S(=O)(=O)c2ccc(Cl)cc2)cc1Cl. The minimum absolute atomic E-state index is 0.0385. The molecular formula is C17H17Cl2NO5S. The Morgan fingerprint density at radius 3 is 2.31 bits per heavy atom. The van der Waals surface area contributed by atoms with Crippen LogP contribution in [0.25, 0.3) is 0 Å². The molecule has 6 nitrogen and oxygen atoms in total. The maximum absolute atomic E-state index is 12.7. The molecule has 0 bridgehead atoms. The molecule has 0 saturated carbocycles. The highest BCUT2D eigenvalue weighted by atomic mass is 35.5. The Kier molecular flexibility index (Phi) is 6.52. The van der Waals surface area contributed by atoms with Gasteiger partial charge in [0.15, 0.2) is 0 Å². The van der Waals surface area contributed by atoms with Crippen molar-refractivity contribution in [1.82, 2.24) is 4.31 Å². The van der Waals surface area contributed by atoms with Crippen molar-refractivity contribution in [3.05, 3.63) is 58.1 Å². The van der Waals surface area contributed by atoms with Crippen LogP contribution < -0.4 is 4.74 Å². The third-order valence-corrected chi connectivity index (χ3v) is 6.29. The van der Waals surface area contributed by atoms with Crippen molar-refractivity contribution >= 4 is 39.2 Å². The van der Waals surface area contributed by atoms with E-state index in [0.29, 0.717) is 21.4 Å². The molecule has 26 heavy (non-hydrogen) atoms. The number of carboxylic acids is 1. The fourth-order valence-corrected chi connectivity index (χ4v) is 4.09. The molecule has 0 aliphatic rings. The first-order chi connectivity index (χ1) is 12.2. The van der Waals surface area contributed by atoms with Crippen LogP contribution in [0.4, 0.5) is 0 Å². The Labute approximate surface area is 162 Å². The van der Waals surface area contributed by atoms with Crippen LogP contribution in [0.1, 0.15) is 5.56 Å². The van der Waals surface area contributed by atoms with Crippen LogP contribution in [-0.4, -0.2) is 44.0 Å². The maximum Gasteiger partial charge on any atom is 0.322 e. The first-order valence-electron chi connectivity index (χ1n) is 7.45. The Balaban J connectivity index is 2.32. The van der Waals surface area contributed by atoms with E-state index in [1.165, 1.54) is 38.4 Å². The number of hydrogen-bond donors (Lipinski definition) is 1. The van der Waals surface area contributed by atoms with E-state index in [1.807, 2.05) is 0 Å². The smallest absolute Gasteiger partial charge is 0.322 e. The lowest BCUT2D eigenvalue weighted by atomic mass is 10.1. The van der Waals surface area contributed by atoms with E-state index in [1.54, 1.807) is 18.2 Å². The predicted octanol–water partition coefficient (Wildman–Crippen LogP) is 3.32. The minimum atomic E-state index is -4.01. The topological polar surface area (TPSA) is 83.9 Å². The van der Waals surface area contributed by atoms with E-state index >= 15 is 0 Å². The van der Waals surface area contributed by atoms with Crippen LogP contribution in [0, 0.1) is 0 Å². The predicted molar refractivity (Wildman–Crippen MR) is 99.5 cm³/mol. The van der Waals surface area contributed by atoms with Gasteiger partial charge >= 0.3 is 5.97 Å². The molecule has 0 amide bonds. The lowest BCUT2D eigenvalue weighted by molar-refractivity contribution is -0.141. The Morgan fingerprint density at radius 2 is 1.81 bits per heavy atom. The van der Waals surface area contributed by atoms with Crippen molar-refractivity contribution in [2.75, 3.05) is 14.2 Å². The number of sulfonamides is 1. The van der Waals surface area contributed by atoms with E-state index in [4.69, 9.17) is 27.9 Å². The van der Waals surface area contributed by atoms with Crippen molar-refractivity contribution in [1.29, 1.82) is 0 Å². The summed E-state index contributed by atoms with van der Waals surface area (Å²) in [6, 6.07) is 9.02. The molecule has 0 aliphatic carbocycles. The van der Waals surface area contributed by atoms with Crippen LogP contribution in [-0.2, 0) is 21.2 Å². The number of carboxylic acid groups (broad SMARTS) is 1. The number of likely N-dealkylation sites (N-methyl/N-ethyl adjacent to an activating group) is 1. The normalized spacial score (nSPS) is 12.8. The van der Waals surface area contributed by atoms with Gasteiger partial charge in [-0.2, -0.15) is 4.31 Å². The van der Waals surface area contributed by atoms with Gasteiger partial charge in [-0.3, -0.25) is 4.79 Å². The molecule has 0 aromatic heterocycles. The zero-order valence-corrected chi connectivity index (χ0v) is 16.3. The van der Waals surface area contributed by atoms with Crippen molar-refractivity contribution in [3.63, 3.8) is 0 Å². The summed E-state index contributed by atoms with van der Waals surface area (Å²) in [5, 5.41) is 10.2. The molecule has 9 heteroatoms. The molecule has 0 radical (unpaired) electrons. The average molecular weight is 418 g/mol. The first-order valence-corrected chi connectivity index (χ1v) is 9.65. The summed E-state index contributed by atoms with van der Waals surface area (Å²) in [4.78, 5) is 11.7. The second-order valence-corrected chi connectivity index (χ2v) is 8.34. The summed E-state index contributed by atoms with van der Waals surface area (Å²) >= 11 is 11.8. The van der Waals surface area contributed by atoms with E-state index in [0.717, 1.165) is 4.31 Å². The van der Waals surface area contributed by atoms with Gasteiger partial charge in [0.05, 0.1) is 17.0 Å². The molecule has 0 fully saturated rings. The van der Waals surface area contributed by atoms with Gasteiger partial charge in [0.1, 0.15) is 11.8 Å². The van der Waals surface area contributed by atoms with Crippen LogP contribution in [0.3, 0.4) is 0 Å². The van der Waals surface area contributed by atoms with Crippen LogP contribution in [0.5, 0.6) is 5.75 Å². The number of benzene rings is 2. The fraction of sp³-hybridized carbons (Fsp3) is 0.235. The number of ether oxygens (including phenoxy) is 1. The minimum Gasteiger partial charge on any atom is -0.495 e. The number of aliphatic carboxylic acids is 1. The lowest BCUT2D eigenvalue weighted by Gasteiger charge is -2.24. The third kappa shape index (κ3) is 4.48. The number of halogens is 2. The van der Waals surface area contributed by atoms with E-state index in [-0.39, 0.29) is 11.3 Å². The molecule has 0 saturated heterocycles. The van der Waals surface area contributed by atoms with Crippen molar-refractivity contribution in [2.24, 2.45) is 0 Å². The number of carbonyl (C=O) groups is 1. The molecule has 1 atom stereocenters. The molecule has 0 heterocycles. The van der Waals surface area contributed by atoms with Crippen LogP contribution in [0.2, 0.25) is 10.0 Å². The molecule has 1 N–H and O–H groups in total. The number of rotatable bonds is 7. The quantitative estimate of drug-likeness (QED) is 0.746. The second kappa shape index (κ2) is 8.26. The van der Waals surface area contributed by atoms with Gasteiger partial charge in [0, 0.05) is 12.1 Å². The van der Waals surface area contributed by atoms with Gasteiger partial charge in [-0.15, -0.1) is 0 Å². The maximum atomic E-state index is 12.7. The Morgan fingerprint density at radius 1 is 1.19 bits per heavy atom. The standard InChI is InChI=1S/C17H17Cl2NO5S/c1-20(26(23,24)13-6-4-12(18)5-7-13)15(17(21)22)10-11-3-8-16(25-2)14(19)9-11/h3-9,15H,10H2,1-2H3,(H,21,22)/t15-/m0/s1. The molecule has 140 valence electrons. The van der Waals surface area contributed by atoms with Crippen molar-refractivity contribution in [2.45, 2.75) is 17.4 Å². The van der Waals surface area contributed by atoms with E-state index in [9.17, 15) is 18.3 Å². The summed E-state index contributed by atoms with van der Waals surface area (Å²) in [7, 11) is -1.31. The van der Waals surface area contributed by atoms with Crippen molar-refractivity contribution < 1.29 is 23.1 Å².